The normalized spacial score (nSPS) is 14.1. The fourth-order valence-corrected chi connectivity index (χ4v) is 3.12. The lowest BCUT2D eigenvalue weighted by atomic mass is 10.0. The van der Waals surface area contributed by atoms with Crippen molar-refractivity contribution in [2.45, 2.75) is 56.3 Å². The molecule has 0 saturated heterocycles. The maximum Gasteiger partial charge on any atom is 0.328 e. The van der Waals surface area contributed by atoms with Crippen LogP contribution >= 0.6 is 0 Å². The highest BCUT2D eigenvalue weighted by molar-refractivity contribution is 5.96. The Kier molecular flexibility index (Phi) is 12.9. The predicted octanol–water partition coefficient (Wildman–Crippen LogP) is -2.91. The summed E-state index contributed by atoms with van der Waals surface area (Å²) in [4.78, 5) is 60.8. The highest BCUT2D eigenvalue weighted by atomic mass is 16.4. The van der Waals surface area contributed by atoms with Gasteiger partial charge in [-0.25, -0.2) is 4.79 Å². The molecule has 0 radical (unpaired) electrons. The molecule has 4 atom stereocenters. The van der Waals surface area contributed by atoms with E-state index >= 15 is 0 Å². The Balaban J connectivity index is 3.04. The van der Waals surface area contributed by atoms with Crippen LogP contribution < -0.4 is 33.2 Å². The molecule has 0 saturated carbocycles. The Morgan fingerprint density at radius 3 is 1.97 bits per heavy atom. The highest BCUT2D eigenvalue weighted by Crippen LogP contribution is 2.06. The van der Waals surface area contributed by atoms with Crippen LogP contribution in [0, 0.1) is 0 Å². The van der Waals surface area contributed by atoms with Crippen LogP contribution in [-0.2, 0) is 30.4 Å². The van der Waals surface area contributed by atoms with Gasteiger partial charge < -0.3 is 43.4 Å². The Hall–Kier alpha value is -3.55. The second kappa shape index (κ2) is 15.4. The Morgan fingerprint density at radius 2 is 1.43 bits per heavy atom. The summed E-state index contributed by atoms with van der Waals surface area (Å²) in [5, 5.41) is 25.1. The number of unbranched alkanes of at least 4 members (excludes halogenated alkanes) is 1. The Labute approximate surface area is 202 Å². The van der Waals surface area contributed by atoms with Crippen molar-refractivity contribution in [3.05, 3.63) is 35.9 Å². The molecule has 0 aliphatic heterocycles. The molecule has 13 nitrogen and oxygen atoms in total. The van der Waals surface area contributed by atoms with Crippen molar-refractivity contribution in [3.63, 3.8) is 0 Å². The van der Waals surface area contributed by atoms with Gasteiger partial charge in [0.15, 0.2) is 0 Å². The first-order valence-electron chi connectivity index (χ1n) is 11.1. The van der Waals surface area contributed by atoms with Gasteiger partial charge in [0.1, 0.15) is 18.1 Å². The molecule has 0 aliphatic rings. The zero-order chi connectivity index (χ0) is 26.4. The molecule has 4 amide bonds. The fraction of sp³-hybridized carbons (Fsp3) is 0.500. The molecule has 11 N–H and O–H groups in total. The largest absolute Gasteiger partial charge is 0.480 e. The minimum Gasteiger partial charge on any atom is -0.480 e. The number of carboxylic acids is 1. The summed E-state index contributed by atoms with van der Waals surface area (Å²) >= 11 is 0. The minimum atomic E-state index is -1.65. The van der Waals surface area contributed by atoms with Crippen LogP contribution in [0.15, 0.2) is 30.3 Å². The fourth-order valence-electron chi connectivity index (χ4n) is 3.12. The number of benzene rings is 1. The Bertz CT molecular complexity index is 867. The quantitative estimate of drug-likeness (QED) is 0.110. The third kappa shape index (κ3) is 10.9. The second-order valence-corrected chi connectivity index (χ2v) is 7.96. The van der Waals surface area contributed by atoms with E-state index in [0.717, 1.165) is 0 Å². The Morgan fingerprint density at radius 1 is 0.857 bits per heavy atom. The SMILES string of the molecule is NCCCCC(N)C(=O)NC(Cc1ccccc1)C(=O)NC(CC(N)=O)C(=O)NC(CO)C(=O)O. The van der Waals surface area contributed by atoms with E-state index in [4.69, 9.17) is 27.4 Å². The number of hydrogen-bond donors (Lipinski definition) is 8. The lowest BCUT2D eigenvalue weighted by molar-refractivity contribution is -0.143. The maximum atomic E-state index is 13.1. The van der Waals surface area contributed by atoms with Crippen molar-refractivity contribution >= 4 is 29.6 Å². The predicted molar refractivity (Wildman–Crippen MR) is 125 cm³/mol. The second-order valence-electron chi connectivity index (χ2n) is 7.96. The van der Waals surface area contributed by atoms with Crippen molar-refractivity contribution in [3.8, 4) is 0 Å². The van der Waals surface area contributed by atoms with E-state index in [-0.39, 0.29) is 6.42 Å². The molecule has 0 aromatic heterocycles. The number of nitrogens with two attached hydrogens (primary N) is 3. The molecular formula is C22H34N6O7. The smallest absolute Gasteiger partial charge is 0.328 e. The van der Waals surface area contributed by atoms with Crippen molar-refractivity contribution in [1.82, 2.24) is 16.0 Å². The van der Waals surface area contributed by atoms with Gasteiger partial charge in [0.05, 0.1) is 19.1 Å². The number of hydrogen-bond acceptors (Lipinski definition) is 8. The summed E-state index contributed by atoms with van der Waals surface area (Å²) in [5.74, 6) is -4.88. The van der Waals surface area contributed by atoms with E-state index < -0.39 is 66.8 Å². The van der Waals surface area contributed by atoms with Gasteiger partial charge in [-0.15, -0.1) is 0 Å². The lowest BCUT2D eigenvalue weighted by Crippen LogP contribution is -2.58. The molecular weight excluding hydrogens is 460 g/mol. The number of rotatable bonds is 16. The average molecular weight is 495 g/mol. The zero-order valence-corrected chi connectivity index (χ0v) is 19.3. The summed E-state index contributed by atoms with van der Waals surface area (Å²) in [5.41, 5.74) is 17.3. The van der Waals surface area contributed by atoms with E-state index in [2.05, 4.69) is 10.6 Å². The molecule has 0 spiro atoms. The van der Waals surface area contributed by atoms with Crippen molar-refractivity contribution in [2.75, 3.05) is 13.2 Å². The van der Waals surface area contributed by atoms with Crippen LogP contribution in [0.1, 0.15) is 31.2 Å². The topological polar surface area (TPSA) is 240 Å². The van der Waals surface area contributed by atoms with Crippen LogP contribution in [-0.4, -0.2) is 77.1 Å². The van der Waals surface area contributed by atoms with E-state index in [1.54, 1.807) is 30.3 Å². The van der Waals surface area contributed by atoms with Crippen LogP contribution in [0.3, 0.4) is 0 Å². The third-order valence-electron chi connectivity index (χ3n) is 5.06. The molecule has 13 heteroatoms. The first kappa shape index (κ1) is 29.5. The van der Waals surface area contributed by atoms with Gasteiger partial charge in [0, 0.05) is 6.42 Å². The highest BCUT2D eigenvalue weighted by Gasteiger charge is 2.31. The van der Waals surface area contributed by atoms with Crippen molar-refractivity contribution in [1.29, 1.82) is 0 Å². The number of primary amides is 1. The number of aliphatic hydroxyl groups is 1. The van der Waals surface area contributed by atoms with Gasteiger partial charge in [-0.05, 0) is 24.9 Å². The molecule has 0 heterocycles. The monoisotopic (exact) mass is 494 g/mol. The molecule has 0 fully saturated rings. The van der Waals surface area contributed by atoms with E-state index in [0.29, 0.717) is 31.4 Å². The maximum absolute atomic E-state index is 13.1. The first-order valence-corrected chi connectivity index (χ1v) is 11.1. The summed E-state index contributed by atoms with van der Waals surface area (Å²) < 4.78 is 0. The van der Waals surface area contributed by atoms with Crippen LogP contribution in [0.2, 0.25) is 0 Å². The number of nitrogens with one attached hydrogen (secondary N) is 3. The average Bonchev–Trinajstić information content (AvgIpc) is 2.81. The molecule has 1 aromatic rings. The molecule has 1 rings (SSSR count). The van der Waals surface area contributed by atoms with E-state index in [9.17, 15) is 24.0 Å². The number of amides is 4. The van der Waals surface area contributed by atoms with Gasteiger partial charge in [-0.3, -0.25) is 19.2 Å². The van der Waals surface area contributed by atoms with Gasteiger partial charge in [0.25, 0.3) is 0 Å². The number of aliphatic carboxylic acids is 1. The number of aliphatic hydroxyl groups excluding tert-OH is 1. The molecule has 4 unspecified atom stereocenters. The molecule has 0 bridgehead atoms. The van der Waals surface area contributed by atoms with E-state index in [1.165, 1.54) is 0 Å². The minimum absolute atomic E-state index is 0.0488. The summed E-state index contributed by atoms with van der Waals surface area (Å²) in [6.45, 7) is -0.456. The van der Waals surface area contributed by atoms with Gasteiger partial charge >= 0.3 is 5.97 Å². The van der Waals surface area contributed by atoms with Crippen molar-refractivity contribution in [2.24, 2.45) is 17.2 Å². The number of carbonyl (C=O) groups excluding carboxylic acids is 4. The van der Waals surface area contributed by atoms with E-state index in [1.807, 2.05) is 5.32 Å². The summed E-state index contributed by atoms with van der Waals surface area (Å²) in [7, 11) is 0. The van der Waals surface area contributed by atoms with Crippen molar-refractivity contribution < 1.29 is 34.2 Å². The van der Waals surface area contributed by atoms with Gasteiger partial charge in [-0.1, -0.05) is 36.8 Å². The lowest BCUT2D eigenvalue weighted by Gasteiger charge is -2.24. The standard InChI is InChI=1S/C22H34N6O7/c23-9-5-4-8-14(24)19(31)26-15(10-13-6-2-1-3-7-13)20(32)27-16(11-18(25)30)21(33)28-17(12-29)22(34)35/h1-3,6-7,14-17,29H,4-5,8-12,23-24H2,(H2,25,30)(H,26,31)(H,27,32)(H,28,33)(H,34,35). The molecule has 35 heavy (non-hydrogen) atoms. The van der Waals surface area contributed by atoms with Gasteiger partial charge in [0.2, 0.25) is 23.6 Å². The van der Waals surface area contributed by atoms with Gasteiger partial charge in [-0.2, -0.15) is 0 Å². The third-order valence-corrected chi connectivity index (χ3v) is 5.06. The zero-order valence-electron chi connectivity index (χ0n) is 19.3. The summed E-state index contributed by atoms with van der Waals surface area (Å²) in [6.07, 6.45) is 1.07. The first-order chi connectivity index (χ1) is 16.6. The number of carboxylic acid groups (broad SMARTS) is 1. The van der Waals surface area contributed by atoms with Crippen LogP contribution in [0.4, 0.5) is 0 Å². The summed E-state index contributed by atoms with van der Waals surface area (Å²) in [6, 6.07) is 3.49. The molecule has 194 valence electrons. The molecule has 0 aliphatic carbocycles. The van der Waals surface area contributed by atoms with Crippen LogP contribution in [0.25, 0.3) is 0 Å². The molecule has 1 aromatic carbocycles. The number of carbonyl (C=O) groups is 5. The van der Waals surface area contributed by atoms with Crippen LogP contribution in [0.5, 0.6) is 0 Å².